The van der Waals surface area contributed by atoms with Gasteiger partial charge >= 0.3 is 0 Å². The Hall–Kier alpha value is -4.86. The summed E-state index contributed by atoms with van der Waals surface area (Å²) >= 11 is 0. The molecule has 0 aliphatic rings. The maximum atomic E-state index is 13.0. The van der Waals surface area contributed by atoms with Crippen LogP contribution in [0, 0.1) is 13.8 Å². The lowest BCUT2D eigenvalue weighted by molar-refractivity contribution is -0.116. The van der Waals surface area contributed by atoms with Crippen LogP contribution in [0.25, 0.3) is 0 Å². The molecule has 38 heavy (non-hydrogen) atoms. The number of anilines is 6. The minimum absolute atomic E-state index is 0.214. The minimum Gasteiger partial charge on any atom is -0.497 e. The third kappa shape index (κ3) is 6.67. The lowest BCUT2D eigenvalue weighted by atomic mass is 10.1. The van der Waals surface area contributed by atoms with E-state index >= 15 is 0 Å². The molecule has 1 amide bonds. The Balaban J connectivity index is 1.56. The van der Waals surface area contributed by atoms with E-state index in [4.69, 9.17) is 9.47 Å². The van der Waals surface area contributed by atoms with Crippen LogP contribution in [0.2, 0.25) is 0 Å². The van der Waals surface area contributed by atoms with Gasteiger partial charge in [0.2, 0.25) is 23.8 Å². The summed E-state index contributed by atoms with van der Waals surface area (Å²) in [5.74, 6) is 2.08. The molecule has 4 N–H and O–H groups in total. The second kappa shape index (κ2) is 11.9. The van der Waals surface area contributed by atoms with E-state index in [1.54, 1.807) is 21.1 Å². The fraction of sp³-hybridized carbons (Fsp3) is 0.214. The lowest BCUT2D eigenvalue weighted by Gasteiger charge is -2.17. The van der Waals surface area contributed by atoms with Crippen molar-refractivity contribution in [3.8, 4) is 11.5 Å². The van der Waals surface area contributed by atoms with Crippen molar-refractivity contribution in [2.24, 2.45) is 0 Å². The Morgan fingerprint density at radius 3 is 1.74 bits per heavy atom. The van der Waals surface area contributed by atoms with Crippen molar-refractivity contribution in [1.82, 2.24) is 15.0 Å². The summed E-state index contributed by atoms with van der Waals surface area (Å²) in [7, 11) is 3.22. The van der Waals surface area contributed by atoms with Crippen molar-refractivity contribution in [3.05, 3.63) is 77.9 Å². The standard InChI is InChI=1S/C28H31N7O3/c1-17-7-6-8-24(18(17)2)32-25(36)19(3)29-26-33-27(30-20-9-13-22(37-4)14-10-20)35-28(34-26)31-21-11-15-23(38-5)16-12-21/h6-16,19H,1-5H3,(H,32,36)(H3,29,30,31,33,34,35)/t19-/m1/s1. The molecule has 0 fully saturated rings. The summed E-state index contributed by atoms with van der Waals surface area (Å²) in [6, 6.07) is 19.9. The molecule has 0 spiro atoms. The van der Waals surface area contributed by atoms with Crippen molar-refractivity contribution < 1.29 is 14.3 Å². The first kappa shape index (κ1) is 26.2. The molecule has 1 atom stereocenters. The number of amides is 1. The summed E-state index contributed by atoms with van der Waals surface area (Å²) in [4.78, 5) is 26.4. The van der Waals surface area contributed by atoms with Crippen LogP contribution in [0.5, 0.6) is 11.5 Å². The number of hydrogen-bond acceptors (Lipinski definition) is 9. The fourth-order valence-corrected chi connectivity index (χ4v) is 3.55. The molecule has 196 valence electrons. The highest BCUT2D eigenvalue weighted by atomic mass is 16.5. The highest BCUT2D eigenvalue weighted by molar-refractivity contribution is 5.96. The van der Waals surface area contributed by atoms with Gasteiger partial charge in [0.15, 0.2) is 0 Å². The number of ether oxygens (including phenoxy) is 2. The third-order valence-corrected chi connectivity index (χ3v) is 5.93. The van der Waals surface area contributed by atoms with Crippen molar-refractivity contribution in [1.29, 1.82) is 0 Å². The molecule has 0 unspecified atom stereocenters. The maximum absolute atomic E-state index is 13.0. The van der Waals surface area contributed by atoms with Crippen LogP contribution < -0.4 is 30.7 Å². The Labute approximate surface area is 221 Å². The predicted octanol–water partition coefficient (Wildman–Crippen LogP) is 5.43. The lowest BCUT2D eigenvalue weighted by Crippen LogP contribution is -2.33. The van der Waals surface area contributed by atoms with E-state index in [1.807, 2.05) is 80.6 Å². The van der Waals surface area contributed by atoms with Gasteiger partial charge in [0.05, 0.1) is 14.2 Å². The maximum Gasteiger partial charge on any atom is 0.246 e. The molecule has 0 bridgehead atoms. The topological polar surface area (TPSA) is 122 Å². The number of carbonyl (C=O) groups excluding carboxylic acids is 1. The van der Waals surface area contributed by atoms with Gasteiger partial charge in [0.1, 0.15) is 17.5 Å². The van der Waals surface area contributed by atoms with Gasteiger partial charge in [0, 0.05) is 17.1 Å². The Morgan fingerprint density at radius 1 is 0.737 bits per heavy atom. The van der Waals surface area contributed by atoms with Crippen LogP contribution in [0.15, 0.2) is 66.7 Å². The number of hydrogen-bond donors (Lipinski definition) is 4. The summed E-state index contributed by atoms with van der Waals surface area (Å²) in [6.07, 6.45) is 0. The first-order valence-electron chi connectivity index (χ1n) is 12.1. The first-order valence-corrected chi connectivity index (χ1v) is 12.1. The second-order valence-corrected chi connectivity index (χ2v) is 8.62. The zero-order valence-corrected chi connectivity index (χ0v) is 22.0. The summed E-state index contributed by atoms with van der Waals surface area (Å²) in [6.45, 7) is 5.73. The van der Waals surface area contributed by atoms with E-state index in [0.29, 0.717) is 11.9 Å². The van der Waals surface area contributed by atoms with Gasteiger partial charge in [0.25, 0.3) is 0 Å². The molecule has 0 saturated carbocycles. The molecular weight excluding hydrogens is 482 g/mol. The second-order valence-electron chi connectivity index (χ2n) is 8.62. The molecule has 10 heteroatoms. The Kier molecular flexibility index (Phi) is 8.22. The molecule has 1 heterocycles. The first-order chi connectivity index (χ1) is 18.3. The number of nitrogens with zero attached hydrogens (tertiary/aromatic N) is 3. The van der Waals surface area contributed by atoms with E-state index in [0.717, 1.165) is 39.7 Å². The van der Waals surface area contributed by atoms with Gasteiger partial charge in [-0.2, -0.15) is 15.0 Å². The zero-order valence-electron chi connectivity index (χ0n) is 22.0. The third-order valence-electron chi connectivity index (χ3n) is 5.93. The molecule has 1 aromatic heterocycles. The van der Waals surface area contributed by atoms with Gasteiger partial charge in [-0.05, 0) is 86.5 Å². The quantitative estimate of drug-likeness (QED) is 0.220. The Bertz CT molecular complexity index is 1330. The van der Waals surface area contributed by atoms with E-state index in [-0.39, 0.29) is 11.9 Å². The normalized spacial score (nSPS) is 11.3. The van der Waals surface area contributed by atoms with Crippen molar-refractivity contribution in [3.63, 3.8) is 0 Å². The number of carbonyl (C=O) groups is 1. The van der Waals surface area contributed by atoms with Gasteiger partial charge in [-0.1, -0.05) is 12.1 Å². The largest absolute Gasteiger partial charge is 0.497 e. The summed E-state index contributed by atoms with van der Waals surface area (Å²) in [5.41, 5.74) is 4.41. The molecule has 0 aliphatic carbocycles. The molecule has 4 rings (SSSR count). The fourth-order valence-electron chi connectivity index (χ4n) is 3.55. The number of benzene rings is 3. The zero-order chi connectivity index (χ0) is 27.1. The van der Waals surface area contributed by atoms with Gasteiger partial charge in [-0.15, -0.1) is 0 Å². The van der Waals surface area contributed by atoms with Crippen LogP contribution in [0.4, 0.5) is 34.9 Å². The molecular formula is C28H31N7O3. The molecule has 4 aromatic rings. The molecule has 0 radical (unpaired) electrons. The number of nitrogens with one attached hydrogen (secondary N) is 4. The van der Waals surface area contributed by atoms with Crippen LogP contribution in [-0.2, 0) is 4.79 Å². The van der Waals surface area contributed by atoms with Gasteiger partial charge in [-0.3, -0.25) is 4.79 Å². The summed E-state index contributed by atoms with van der Waals surface area (Å²) < 4.78 is 10.5. The smallest absolute Gasteiger partial charge is 0.246 e. The van der Waals surface area contributed by atoms with E-state index in [9.17, 15) is 4.79 Å². The average Bonchev–Trinajstić information content (AvgIpc) is 2.92. The Morgan fingerprint density at radius 2 is 1.24 bits per heavy atom. The van der Waals surface area contributed by atoms with E-state index in [2.05, 4.69) is 36.2 Å². The predicted molar refractivity (Wildman–Crippen MR) is 150 cm³/mol. The van der Waals surface area contributed by atoms with Crippen molar-refractivity contribution >= 4 is 40.8 Å². The molecule has 3 aromatic carbocycles. The minimum atomic E-state index is -0.625. The number of methoxy groups -OCH3 is 2. The molecule has 0 aliphatic heterocycles. The van der Waals surface area contributed by atoms with Gasteiger partial charge < -0.3 is 30.7 Å². The summed E-state index contributed by atoms with van der Waals surface area (Å²) in [5, 5.41) is 12.4. The molecule has 0 saturated heterocycles. The van der Waals surface area contributed by atoms with Gasteiger partial charge in [-0.25, -0.2) is 0 Å². The average molecular weight is 514 g/mol. The van der Waals surface area contributed by atoms with E-state index in [1.165, 1.54) is 0 Å². The number of rotatable bonds is 10. The monoisotopic (exact) mass is 513 g/mol. The van der Waals surface area contributed by atoms with Crippen LogP contribution in [-0.4, -0.2) is 41.1 Å². The number of aryl methyl sites for hydroxylation is 1. The highest BCUT2D eigenvalue weighted by Crippen LogP contribution is 2.23. The highest BCUT2D eigenvalue weighted by Gasteiger charge is 2.17. The van der Waals surface area contributed by atoms with Crippen LogP contribution >= 0.6 is 0 Å². The van der Waals surface area contributed by atoms with Crippen LogP contribution in [0.1, 0.15) is 18.1 Å². The number of aromatic nitrogens is 3. The SMILES string of the molecule is COc1ccc(Nc2nc(Nc3ccc(OC)cc3)nc(N[C@H](C)C(=O)Nc3cccc(C)c3C)n2)cc1. The van der Waals surface area contributed by atoms with Crippen LogP contribution in [0.3, 0.4) is 0 Å². The van der Waals surface area contributed by atoms with E-state index < -0.39 is 6.04 Å². The van der Waals surface area contributed by atoms with Crippen molar-refractivity contribution in [2.45, 2.75) is 26.8 Å². The van der Waals surface area contributed by atoms with Crippen molar-refractivity contribution in [2.75, 3.05) is 35.5 Å². The molecule has 10 nitrogen and oxygen atoms in total.